The molecule has 0 saturated heterocycles. The molecule has 1 N–H and O–H groups in total. The van der Waals surface area contributed by atoms with E-state index in [0.717, 1.165) is 35.7 Å². The number of ether oxygens (including phenoxy) is 2. The van der Waals surface area contributed by atoms with Crippen LogP contribution >= 0.6 is 15.9 Å². The predicted octanol–water partition coefficient (Wildman–Crippen LogP) is 3.90. The van der Waals surface area contributed by atoms with Crippen LogP contribution in [0.3, 0.4) is 0 Å². The highest BCUT2D eigenvalue weighted by Crippen LogP contribution is 2.49. The third-order valence-corrected chi connectivity index (χ3v) is 5.10. The van der Waals surface area contributed by atoms with Crippen molar-refractivity contribution >= 4 is 21.9 Å². The lowest BCUT2D eigenvalue weighted by Crippen LogP contribution is -2.38. The van der Waals surface area contributed by atoms with Crippen LogP contribution in [0.5, 0.6) is 11.5 Å². The monoisotopic (exact) mass is 354 g/mol. The van der Waals surface area contributed by atoms with Crippen LogP contribution in [-0.4, -0.2) is 24.3 Å². The number of carboxylic acids is 1. The minimum Gasteiger partial charge on any atom is -0.489 e. The summed E-state index contributed by atoms with van der Waals surface area (Å²) in [5, 5.41) is 9.88. The molecule has 3 rings (SSSR count). The van der Waals surface area contributed by atoms with E-state index in [9.17, 15) is 9.90 Å². The van der Waals surface area contributed by atoms with Crippen molar-refractivity contribution in [1.82, 2.24) is 0 Å². The van der Waals surface area contributed by atoms with Crippen LogP contribution in [0.1, 0.15) is 44.1 Å². The van der Waals surface area contributed by atoms with Crippen LogP contribution in [0.15, 0.2) is 16.6 Å². The molecule has 2 aliphatic rings. The van der Waals surface area contributed by atoms with E-state index >= 15 is 0 Å². The van der Waals surface area contributed by atoms with Crippen molar-refractivity contribution < 1.29 is 19.4 Å². The maximum Gasteiger partial charge on any atom is 0.314 e. The Morgan fingerprint density at radius 3 is 2.38 bits per heavy atom. The lowest BCUT2D eigenvalue weighted by Gasteiger charge is -2.35. The number of carbonyl (C=O) groups is 1. The molecule has 0 aromatic heterocycles. The quantitative estimate of drug-likeness (QED) is 0.874. The van der Waals surface area contributed by atoms with Crippen molar-refractivity contribution in [2.24, 2.45) is 0 Å². The summed E-state index contributed by atoms with van der Waals surface area (Å²) in [4.78, 5) is 12.0. The number of hydrogen-bond acceptors (Lipinski definition) is 3. The molecule has 114 valence electrons. The molecular weight excluding hydrogens is 336 g/mol. The molecule has 0 atom stereocenters. The van der Waals surface area contributed by atoms with E-state index in [0.29, 0.717) is 37.6 Å². The van der Waals surface area contributed by atoms with Crippen molar-refractivity contribution in [2.75, 3.05) is 13.2 Å². The number of benzene rings is 1. The zero-order valence-electron chi connectivity index (χ0n) is 11.9. The highest BCUT2D eigenvalue weighted by Gasteiger charge is 2.44. The third kappa shape index (κ3) is 2.52. The van der Waals surface area contributed by atoms with E-state index in [-0.39, 0.29) is 0 Å². The second-order valence-corrected chi connectivity index (χ2v) is 6.61. The minimum absolute atomic E-state index is 0.562. The summed E-state index contributed by atoms with van der Waals surface area (Å²) in [6.45, 7) is 1.15. The first-order chi connectivity index (χ1) is 10.1. The summed E-state index contributed by atoms with van der Waals surface area (Å²) in [6, 6.07) is 3.76. The van der Waals surface area contributed by atoms with Gasteiger partial charge in [0.05, 0.1) is 23.1 Å². The van der Waals surface area contributed by atoms with Crippen molar-refractivity contribution in [3.8, 4) is 11.5 Å². The smallest absolute Gasteiger partial charge is 0.314 e. The Morgan fingerprint density at radius 1 is 1.05 bits per heavy atom. The Hall–Kier alpha value is -1.23. The van der Waals surface area contributed by atoms with Gasteiger partial charge in [-0.25, -0.2) is 0 Å². The summed E-state index contributed by atoms with van der Waals surface area (Å²) < 4.78 is 12.5. The number of hydrogen-bond donors (Lipinski definition) is 1. The number of rotatable bonds is 2. The van der Waals surface area contributed by atoms with Crippen LogP contribution in [0.2, 0.25) is 0 Å². The van der Waals surface area contributed by atoms with Crippen LogP contribution < -0.4 is 9.47 Å². The Bertz CT molecular complexity index is 549. The van der Waals surface area contributed by atoms with Crippen LogP contribution in [0, 0.1) is 0 Å². The SMILES string of the molecule is O=C(O)C1(c2ccc(Br)c3c2OCCCO3)CCCCC1. The molecule has 1 aromatic carbocycles. The average Bonchev–Trinajstić information content (AvgIpc) is 2.74. The predicted molar refractivity (Wildman–Crippen MR) is 82.1 cm³/mol. The molecule has 1 aromatic rings. The van der Waals surface area contributed by atoms with Crippen molar-refractivity contribution in [3.63, 3.8) is 0 Å². The van der Waals surface area contributed by atoms with Crippen molar-refractivity contribution in [3.05, 3.63) is 22.2 Å². The topological polar surface area (TPSA) is 55.8 Å². The lowest BCUT2D eigenvalue weighted by molar-refractivity contribution is -0.145. The summed E-state index contributed by atoms with van der Waals surface area (Å²) in [5.41, 5.74) is -0.0636. The van der Waals surface area contributed by atoms with Crippen LogP contribution in [0.25, 0.3) is 0 Å². The van der Waals surface area contributed by atoms with Crippen molar-refractivity contribution in [1.29, 1.82) is 0 Å². The van der Waals surface area contributed by atoms with Crippen molar-refractivity contribution in [2.45, 2.75) is 43.9 Å². The number of halogens is 1. The van der Waals surface area contributed by atoms with Gasteiger partial charge < -0.3 is 14.6 Å². The Kier molecular flexibility index (Phi) is 4.11. The fourth-order valence-corrected chi connectivity index (χ4v) is 3.78. The molecule has 0 radical (unpaired) electrons. The molecule has 0 amide bonds. The van der Waals surface area contributed by atoms with Gasteiger partial charge in [0.25, 0.3) is 0 Å². The second kappa shape index (κ2) is 5.87. The lowest BCUT2D eigenvalue weighted by atomic mass is 9.69. The maximum absolute atomic E-state index is 12.0. The molecule has 1 saturated carbocycles. The first kappa shape index (κ1) is 14.7. The van der Waals surface area contributed by atoms with Gasteiger partial charge in [-0.15, -0.1) is 0 Å². The van der Waals surface area contributed by atoms with Gasteiger partial charge in [-0.05, 0) is 34.8 Å². The van der Waals surface area contributed by atoms with Crippen LogP contribution in [0.4, 0.5) is 0 Å². The first-order valence-corrected chi connectivity index (χ1v) is 8.26. The molecule has 5 heteroatoms. The molecule has 21 heavy (non-hydrogen) atoms. The minimum atomic E-state index is -0.837. The van der Waals surface area contributed by atoms with Gasteiger partial charge in [0.2, 0.25) is 0 Å². The Balaban J connectivity index is 2.14. The molecule has 1 fully saturated rings. The van der Waals surface area contributed by atoms with Crippen LogP contribution in [-0.2, 0) is 10.2 Å². The molecule has 0 unspecified atom stereocenters. The van der Waals surface area contributed by atoms with E-state index < -0.39 is 11.4 Å². The molecule has 0 spiro atoms. The number of fused-ring (bicyclic) bond motifs is 1. The normalized spacial score (nSPS) is 20.6. The van der Waals surface area contributed by atoms with Gasteiger partial charge >= 0.3 is 5.97 Å². The molecule has 1 aliphatic carbocycles. The highest BCUT2D eigenvalue weighted by atomic mass is 79.9. The Morgan fingerprint density at radius 2 is 1.71 bits per heavy atom. The molecular formula is C16H19BrO4. The zero-order chi connectivity index (χ0) is 14.9. The number of carboxylic acid groups (broad SMARTS) is 1. The van der Waals surface area contributed by atoms with E-state index in [1.54, 1.807) is 0 Å². The second-order valence-electron chi connectivity index (χ2n) is 5.75. The average molecular weight is 355 g/mol. The largest absolute Gasteiger partial charge is 0.489 e. The highest BCUT2D eigenvalue weighted by molar-refractivity contribution is 9.10. The molecule has 4 nitrogen and oxygen atoms in total. The summed E-state index contributed by atoms with van der Waals surface area (Å²) in [7, 11) is 0. The van der Waals surface area contributed by atoms with Gasteiger partial charge in [0.1, 0.15) is 0 Å². The van der Waals surface area contributed by atoms with E-state index in [4.69, 9.17) is 9.47 Å². The van der Waals surface area contributed by atoms with E-state index in [2.05, 4.69) is 15.9 Å². The molecule has 0 bridgehead atoms. The fourth-order valence-electron chi connectivity index (χ4n) is 3.35. The van der Waals surface area contributed by atoms with E-state index in [1.807, 2.05) is 12.1 Å². The van der Waals surface area contributed by atoms with Gasteiger partial charge in [-0.3, -0.25) is 4.79 Å². The maximum atomic E-state index is 12.0. The summed E-state index contributed by atoms with van der Waals surface area (Å²) in [5.74, 6) is 0.516. The Labute approximate surface area is 132 Å². The van der Waals surface area contributed by atoms with E-state index in [1.165, 1.54) is 0 Å². The van der Waals surface area contributed by atoms with Gasteiger partial charge in [0, 0.05) is 12.0 Å². The first-order valence-electron chi connectivity index (χ1n) is 7.47. The zero-order valence-corrected chi connectivity index (χ0v) is 13.4. The standard InChI is InChI=1S/C16H19BrO4/c17-12-6-5-11(13-14(12)21-10-4-9-20-13)16(15(18)19)7-2-1-3-8-16/h5-6H,1-4,7-10H2,(H,18,19). The van der Waals surface area contributed by atoms with Gasteiger partial charge in [0.15, 0.2) is 11.5 Å². The number of aliphatic carboxylic acids is 1. The third-order valence-electron chi connectivity index (χ3n) is 4.48. The summed E-state index contributed by atoms with van der Waals surface area (Å²) >= 11 is 3.48. The molecule has 1 heterocycles. The van der Waals surface area contributed by atoms with Gasteiger partial charge in [-0.1, -0.05) is 25.3 Å². The molecule has 1 aliphatic heterocycles. The fraction of sp³-hybridized carbons (Fsp3) is 0.562. The van der Waals surface area contributed by atoms with Gasteiger partial charge in [-0.2, -0.15) is 0 Å². The summed E-state index contributed by atoms with van der Waals surface area (Å²) in [6.07, 6.45) is 5.13.